The summed E-state index contributed by atoms with van der Waals surface area (Å²) in [4.78, 5) is 0. The Labute approximate surface area is 70.3 Å². The second-order valence-electron chi connectivity index (χ2n) is 1.17. The molecule has 5 heteroatoms. The largest absolute Gasteiger partial charge is 0.738 e. The lowest BCUT2D eigenvalue weighted by molar-refractivity contribution is 0.476. The van der Waals surface area contributed by atoms with Gasteiger partial charge in [-0.3, -0.25) is 0 Å². The van der Waals surface area contributed by atoms with Gasteiger partial charge in [0, 0.05) is 17.1 Å². The molecule has 0 rings (SSSR count). The predicted octanol–water partition coefficient (Wildman–Crippen LogP) is -0.613. The van der Waals surface area contributed by atoms with Crippen LogP contribution >= 0.6 is 12.6 Å². The van der Waals surface area contributed by atoms with Crippen molar-refractivity contribution < 1.29 is 13.0 Å². The fourth-order valence-electron chi connectivity index (χ4n) is 0.178. The van der Waals surface area contributed by atoms with Crippen molar-refractivity contribution in [3.63, 3.8) is 0 Å². The standard InChI is InChI=1S/C6H2O3S2/c7-11(8,9)6-4-2-1-3-5-10/h10H,(H,7,8,9)/p-1. The van der Waals surface area contributed by atoms with E-state index in [1.807, 2.05) is 11.8 Å². The summed E-state index contributed by atoms with van der Waals surface area (Å²) in [6.07, 6.45) is 0. The van der Waals surface area contributed by atoms with Crippen molar-refractivity contribution >= 4 is 22.7 Å². The minimum Gasteiger partial charge on any atom is -0.738 e. The minimum atomic E-state index is -4.49. The third-order valence-corrected chi connectivity index (χ3v) is 0.883. The van der Waals surface area contributed by atoms with Crippen molar-refractivity contribution in [1.29, 1.82) is 0 Å². The monoisotopic (exact) mass is 185 g/mol. The van der Waals surface area contributed by atoms with E-state index in [2.05, 4.69) is 29.7 Å². The first-order valence-corrected chi connectivity index (χ1v) is 4.03. The number of thiol groups is 1. The first kappa shape index (κ1) is 9.94. The summed E-state index contributed by atoms with van der Waals surface area (Å²) in [6, 6.07) is 0. The van der Waals surface area contributed by atoms with E-state index in [4.69, 9.17) is 0 Å². The van der Waals surface area contributed by atoms with Crippen LogP contribution in [0.5, 0.6) is 0 Å². The molecular formula is C6HO3S2-. The molecule has 0 saturated heterocycles. The second-order valence-corrected chi connectivity index (χ2v) is 2.50. The van der Waals surface area contributed by atoms with Crippen LogP contribution in [-0.2, 0) is 10.1 Å². The van der Waals surface area contributed by atoms with Crippen LogP contribution in [0.15, 0.2) is 0 Å². The molecule has 0 aliphatic rings. The van der Waals surface area contributed by atoms with Gasteiger partial charge in [-0.1, -0.05) is 12.6 Å². The molecule has 0 radical (unpaired) electrons. The Kier molecular flexibility index (Phi) is 4.26. The van der Waals surface area contributed by atoms with Gasteiger partial charge < -0.3 is 4.55 Å². The lowest BCUT2D eigenvalue weighted by Gasteiger charge is -1.90. The first-order chi connectivity index (χ1) is 5.06. The van der Waals surface area contributed by atoms with Gasteiger partial charge in [0.05, 0.1) is 0 Å². The van der Waals surface area contributed by atoms with E-state index in [-0.39, 0.29) is 0 Å². The molecule has 0 bridgehead atoms. The highest BCUT2D eigenvalue weighted by atomic mass is 32.2. The van der Waals surface area contributed by atoms with Gasteiger partial charge in [-0.15, -0.1) is 0 Å². The van der Waals surface area contributed by atoms with Crippen molar-refractivity contribution in [1.82, 2.24) is 0 Å². The molecule has 0 saturated carbocycles. The van der Waals surface area contributed by atoms with Gasteiger partial charge >= 0.3 is 0 Å². The lowest BCUT2D eigenvalue weighted by atomic mass is 10.6. The van der Waals surface area contributed by atoms with Crippen molar-refractivity contribution in [2.24, 2.45) is 0 Å². The topological polar surface area (TPSA) is 57.2 Å². The van der Waals surface area contributed by atoms with E-state index in [9.17, 15) is 13.0 Å². The van der Waals surface area contributed by atoms with E-state index < -0.39 is 10.1 Å². The van der Waals surface area contributed by atoms with Crippen LogP contribution in [0.4, 0.5) is 0 Å². The highest BCUT2D eigenvalue weighted by Gasteiger charge is 1.77. The molecule has 0 aromatic heterocycles. The maximum absolute atomic E-state index is 9.82. The number of rotatable bonds is 0. The van der Waals surface area contributed by atoms with E-state index in [0.717, 1.165) is 0 Å². The zero-order valence-corrected chi connectivity index (χ0v) is 6.79. The Morgan fingerprint density at radius 1 is 1.09 bits per heavy atom. The van der Waals surface area contributed by atoms with Crippen molar-refractivity contribution in [2.45, 2.75) is 0 Å². The number of hydrogen-bond acceptors (Lipinski definition) is 4. The van der Waals surface area contributed by atoms with E-state index in [0.29, 0.717) is 0 Å². The molecule has 56 valence electrons. The summed E-state index contributed by atoms with van der Waals surface area (Å²) >= 11 is 3.49. The van der Waals surface area contributed by atoms with Crippen LogP contribution < -0.4 is 0 Å². The van der Waals surface area contributed by atoms with Gasteiger partial charge in [-0.2, -0.15) is 0 Å². The lowest BCUT2D eigenvalue weighted by Crippen LogP contribution is -1.89. The maximum Gasteiger partial charge on any atom is 0.165 e. The van der Waals surface area contributed by atoms with Crippen LogP contribution in [0.25, 0.3) is 0 Å². The third kappa shape index (κ3) is 8.94. The summed E-state index contributed by atoms with van der Waals surface area (Å²) in [6.45, 7) is 0. The summed E-state index contributed by atoms with van der Waals surface area (Å²) in [5.41, 5.74) is 0. The number of hydrogen-bond donors (Lipinski definition) is 1. The van der Waals surface area contributed by atoms with Crippen LogP contribution in [0, 0.1) is 34.2 Å². The Hall–Kier alpha value is -1.06. The Morgan fingerprint density at radius 2 is 1.64 bits per heavy atom. The third-order valence-electron chi connectivity index (χ3n) is 0.419. The van der Waals surface area contributed by atoms with Crippen molar-refractivity contribution in [2.75, 3.05) is 0 Å². The second kappa shape index (κ2) is 4.71. The molecule has 0 fully saturated rings. The maximum atomic E-state index is 9.82. The van der Waals surface area contributed by atoms with Crippen LogP contribution in [0.2, 0.25) is 0 Å². The molecule has 3 nitrogen and oxygen atoms in total. The van der Waals surface area contributed by atoms with Gasteiger partial charge in [0.25, 0.3) is 0 Å². The fourth-order valence-corrected chi connectivity index (χ4v) is 0.410. The van der Waals surface area contributed by atoms with E-state index >= 15 is 0 Å². The van der Waals surface area contributed by atoms with Gasteiger partial charge in [-0.05, 0) is 17.1 Å². The van der Waals surface area contributed by atoms with E-state index in [1.54, 1.807) is 0 Å². The van der Waals surface area contributed by atoms with Crippen molar-refractivity contribution in [3.8, 4) is 34.2 Å². The quantitative estimate of drug-likeness (QED) is 0.311. The Bertz CT molecular complexity index is 400. The first-order valence-electron chi connectivity index (χ1n) is 2.18. The molecule has 0 amide bonds. The normalized spacial score (nSPS) is 7.45. The Balaban J connectivity index is 4.37. The molecule has 0 heterocycles. The smallest absolute Gasteiger partial charge is 0.165 e. The Morgan fingerprint density at radius 3 is 2.09 bits per heavy atom. The van der Waals surface area contributed by atoms with Gasteiger partial charge in [0.1, 0.15) is 0 Å². The average molecular weight is 185 g/mol. The SMILES string of the molecule is O=S(=O)([O-])C#CC#CC#CS. The molecule has 0 spiro atoms. The zero-order chi connectivity index (χ0) is 8.74. The summed E-state index contributed by atoms with van der Waals surface area (Å²) in [5.74, 6) is 8.17. The van der Waals surface area contributed by atoms with Gasteiger partial charge in [0.2, 0.25) is 0 Å². The molecule has 11 heavy (non-hydrogen) atoms. The van der Waals surface area contributed by atoms with Crippen molar-refractivity contribution in [3.05, 3.63) is 0 Å². The zero-order valence-electron chi connectivity index (χ0n) is 5.08. The molecule has 0 N–H and O–H groups in total. The molecule has 0 aliphatic heterocycles. The summed E-state index contributed by atoms with van der Waals surface area (Å²) < 4.78 is 29.4. The molecule has 0 aliphatic carbocycles. The molecular weight excluding hydrogens is 184 g/mol. The minimum absolute atomic E-state index is 1.38. The van der Waals surface area contributed by atoms with Crippen LogP contribution in [-0.4, -0.2) is 13.0 Å². The fraction of sp³-hybridized carbons (Fsp3) is 0. The van der Waals surface area contributed by atoms with Gasteiger partial charge in [0.15, 0.2) is 10.1 Å². The van der Waals surface area contributed by atoms with Crippen LogP contribution in [0.1, 0.15) is 0 Å². The van der Waals surface area contributed by atoms with Gasteiger partial charge in [-0.25, -0.2) is 8.42 Å². The highest BCUT2D eigenvalue weighted by molar-refractivity contribution is 7.90. The highest BCUT2D eigenvalue weighted by Crippen LogP contribution is 1.71. The predicted molar refractivity (Wildman–Crippen MR) is 42.0 cm³/mol. The summed E-state index contributed by atoms with van der Waals surface area (Å²) in [7, 11) is -4.49. The molecule has 0 unspecified atom stereocenters. The summed E-state index contributed by atoms with van der Waals surface area (Å²) in [5, 5.41) is 3.52. The van der Waals surface area contributed by atoms with Crippen LogP contribution in [0.3, 0.4) is 0 Å². The average Bonchev–Trinajstić information content (AvgIpc) is 1.85. The molecule has 0 aromatic carbocycles. The molecule has 0 aromatic rings. The van der Waals surface area contributed by atoms with E-state index in [1.165, 1.54) is 5.25 Å². The molecule has 0 atom stereocenters.